The first kappa shape index (κ1) is 21.6. The van der Waals surface area contributed by atoms with Gasteiger partial charge in [-0.15, -0.1) is 0 Å². The molecule has 0 bridgehead atoms. The lowest BCUT2D eigenvalue weighted by molar-refractivity contribution is -0.158. The van der Waals surface area contributed by atoms with Gasteiger partial charge in [0, 0.05) is 18.7 Å². The lowest BCUT2D eigenvalue weighted by Gasteiger charge is -2.43. The van der Waals surface area contributed by atoms with Gasteiger partial charge < -0.3 is 15.2 Å². The normalized spacial score (nSPS) is 22.1. The van der Waals surface area contributed by atoms with E-state index in [1.54, 1.807) is 31.2 Å². The number of aliphatic hydroxyl groups is 1. The fourth-order valence-corrected chi connectivity index (χ4v) is 5.61. The Bertz CT molecular complexity index is 847. The third-order valence-electron chi connectivity index (χ3n) is 4.95. The number of anilines is 1. The zero-order valence-electron chi connectivity index (χ0n) is 17.0. The van der Waals surface area contributed by atoms with Crippen molar-refractivity contribution in [3.8, 4) is 0 Å². The van der Waals surface area contributed by atoms with Crippen LogP contribution in [-0.2, 0) is 19.1 Å². The van der Waals surface area contributed by atoms with Gasteiger partial charge in [-0.1, -0.05) is 43.5 Å². The van der Waals surface area contributed by atoms with Crippen LogP contribution in [0.5, 0.6) is 0 Å². The molecule has 2 N–H and O–H groups in total. The molecule has 2 heterocycles. The van der Waals surface area contributed by atoms with Crippen LogP contribution in [0, 0.1) is 5.92 Å². The van der Waals surface area contributed by atoms with Gasteiger partial charge in [-0.05, 0) is 30.7 Å². The van der Waals surface area contributed by atoms with E-state index in [-0.39, 0.29) is 17.0 Å². The summed E-state index contributed by atoms with van der Waals surface area (Å²) in [4.78, 5) is 38.2. The van der Waals surface area contributed by atoms with Gasteiger partial charge in [0.15, 0.2) is 0 Å². The van der Waals surface area contributed by atoms with Crippen molar-refractivity contribution >= 4 is 48.7 Å². The van der Waals surface area contributed by atoms with Crippen LogP contribution in [-0.4, -0.2) is 54.5 Å². The number of aliphatic hydroxyl groups excluding tert-OH is 1. The fraction of sp³-hybridized carbons (Fsp3) is 0.450. The number of amides is 2. The molecule has 1 aromatic carbocycles. The Kier molecular flexibility index (Phi) is 6.21. The molecule has 0 unspecified atom stereocenters. The van der Waals surface area contributed by atoms with Gasteiger partial charge in [-0.2, -0.15) is 0 Å². The topological polar surface area (TPSA) is 95.9 Å². The van der Waals surface area contributed by atoms with E-state index in [4.69, 9.17) is 4.74 Å². The van der Waals surface area contributed by atoms with Crippen LogP contribution in [0.3, 0.4) is 0 Å². The summed E-state index contributed by atoms with van der Waals surface area (Å²) in [6.45, 7) is 8.52. The number of hydrogen-bond acceptors (Lipinski definition) is 6. The summed E-state index contributed by atoms with van der Waals surface area (Å²) in [6.07, 6.45) is -0.198. The number of nitrogens with one attached hydrogen (secondary N) is 1. The van der Waals surface area contributed by atoms with E-state index in [0.29, 0.717) is 23.6 Å². The number of nitrogens with zero attached hydrogens (tertiary/aromatic N) is 1. The first-order chi connectivity index (χ1) is 13.6. The molecule has 1 saturated heterocycles. The van der Waals surface area contributed by atoms with E-state index in [9.17, 15) is 19.5 Å². The van der Waals surface area contributed by atoms with Crippen LogP contribution in [0.1, 0.15) is 12.5 Å². The highest BCUT2D eigenvalue weighted by Gasteiger charge is 2.58. The van der Waals surface area contributed by atoms with Gasteiger partial charge in [0.2, 0.25) is 12.3 Å². The van der Waals surface area contributed by atoms with E-state index in [1.807, 2.05) is 0 Å². The Morgan fingerprint density at radius 3 is 2.55 bits per heavy atom. The average Bonchev–Trinajstić information content (AvgIpc) is 2.96. The lowest BCUT2D eigenvalue weighted by atomic mass is 9.92. The van der Waals surface area contributed by atoms with E-state index in [1.165, 1.54) is 16.7 Å². The molecule has 0 aliphatic carbocycles. The van der Waals surface area contributed by atoms with E-state index < -0.39 is 26.1 Å². The Morgan fingerprint density at radius 2 is 2.00 bits per heavy atom. The summed E-state index contributed by atoms with van der Waals surface area (Å²) < 4.78 is 5.52. The maximum Gasteiger partial charge on any atom is 0.356 e. The number of esters is 1. The van der Waals surface area contributed by atoms with Gasteiger partial charge in [-0.25, -0.2) is 4.79 Å². The molecule has 3 rings (SSSR count). The lowest BCUT2D eigenvalue weighted by Crippen LogP contribution is -2.60. The van der Waals surface area contributed by atoms with Crippen molar-refractivity contribution in [2.45, 2.75) is 44.1 Å². The Labute approximate surface area is 175 Å². The second-order valence-corrected chi connectivity index (χ2v) is 15.2. The van der Waals surface area contributed by atoms with Crippen LogP contribution in [0.15, 0.2) is 30.0 Å². The summed E-state index contributed by atoms with van der Waals surface area (Å²) in [5.41, 5.74) is 1.64. The Morgan fingerprint density at radius 1 is 1.34 bits per heavy atom. The number of benzene rings is 1. The smallest absolute Gasteiger partial charge is 0.356 e. The molecule has 0 radical (unpaired) electrons. The number of carbonyl (C=O) groups excluding carboxylic acids is 3. The van der Waals surface area contributed by atoms with Crippen molar-refractivity contribution in [2.24, 2.45) is 5.92 Å². The average molecular weight is 435 g/mol. The summed E-state index contributed by atoms with van der Waals surface area (Å²) in [5.74, 6) is -1.32. The van der Waals surface area contributed by atoms with Gasteiger partial charge in [0.1, 0.15) is 11.1 Å². The molecule has 2 aliphatic rings. The SMILES string of the molecule is C[C@@H](O)[C@H]1C(=O)N2C(C(=O)OCC[Si](C)(C)C)=C(c3ccc(NC=O)cc3)S[C@H]12. The highest BCUT2D eigenvalue weighted by molar-refractivity contribution is 8.09. The minimum absolute atomic E-state index is 0.244. The first-order valence-corrected chi connectivity index (χ1v) is 14.1. The number of ether oxygens (including phenoxy) is 1. The largest absolute Gasteiger partial charge is 0.461 e. The van der Waals surface area contributed by atoms with Crippen LogP contribution >= 0.6 is 11.8 Å². The zero-order valence-corrected chi connectivity index (χ0v) is 18.8. The van der Waals surface area contributed by atoms with Crippen molar-refractivity contribution in [2.75, 3.05) is 11.9 Å². The molecule has 0 saturated carbocycles. The van der Waals surface area contributed by atoms with E-state index >= 15 is 0 Å². The fourth-order valence-electron chi connectivity index (χ4n) is 3.28. The minimum Gasteiger partial charge on any atom is -0.461 e. The molecule has 0 aromatic heterocycles. The molecule has 2 amide bonds. The number of thioether (sulfide) groups is 1. The number of fused-ring (bicyclic) bond motifs is 1. The standard InChI is InChI=1S/C20H26N2O5SSi/c1-12(24)15-18(25)22-16(20(26)27-9-10-29(2,3)4)17(28-19(15)22)13-5-7-14(8-6-13)21-11-23/h5-8,11-12,15,19,24H,9-10H2,1-4H3,(H,21,23)/t12-,15+,19-/m1/s1. The highest BCUT2D eigenvalue weighted by atomic mass is 32.2. The molecule has 1 fully saturated rings. The van der Waals surface area contributed by atoms with Gasteiger partial charge in [0.05, 0.1) is 18.6 Å². The van der Waals surface area contributed by atoms with Crippen molar-refractivity contribution in [3.05, 3.63) is 35.5 Å². The quantitative estimate of drug-likeness (QED) is 0.283. The first-order valence-electron chi connectivity index (χ1n) is 9.54. The van der Waals surface area contributed by atoms with Gasteiger partial charge in [0.25, 0.3) is 0 Å². The third kappa shape index (κ3) is 4.41. The van der Waals surface area contributed by atoms with Crippen LogP contribution in [0.2, 0.25) is 25.7 Å². The third-order valence-corrected chi connectivity index (χ3v) is 8.06. The van der Waals surface area contributed by atoms with E-state index in [0.717, 1.165) is 11.6 Å². The molecule has 7 nitrogen and oxygen atoms in total. The van der Waals surface area contributed by atoms with Crippen molar-refractivity contribution in [1.82, 2.24) is 4.90 Å². The summed E-state index contributed by atoms with van der Waals surface area (Å²) in [6, 6.07) is 7.88. The van der Waals surface area contributed by atoms with Crippen molar-refractivity contribution in [1.29, 1.82) is 0 Å². The van der Waals surface area contributed by atoms with Gasteiger partial charge in [-0.3, -0.25) is 14.5 Å². The van der Waals surface area contributed by atoms with Crippen LogP contribution < -0.4 is 5.32 Å². The van der Waals surface area contributed by atoms with E-state index in [2.05, 4.69) is 25.0 Å². The molecular formula is C20H26N2O5SSi. The van der Waals surface area contributed by atoms with Gasteiger partial charge >= 0.3 is 5.97 Å². The summed E-state index contributed by atoms with van der Waals surface area (Å²) >= 11 is 1.39. The van der Waals surface area contributed by atoms with Crippen LogP contribution in [0.25, 0.3) is 4.91 Å². The molecule has 2 aliphatic heterocycles. The molecular weight excluding hydrogens is 408 g/mol. The number of hydrogen-bond donors (Lipinski definition) is 2. The zero-order chi connectivity index (χ0) is 21.3. The predicted octanol–water partition coefficient (Wildman–Crippen LogP) is 2.72. The maximum absolute atomic E-state index is 12.9. The monoisotopic (exact) mass is 434 g/mol. The minimum atomic E-state index is -1.36. The van der Waals surface area contributed by atoms with Crippen molar-refractivity contribution < 1.29 is 24.2 Å². The predicted molar refractivity (Wildman–Crippen MR) is 116 cm³/mol. The molecule has 1 aromatic rings. The van der Waals surface area contributed by atoms with Crippen LogP contribution in [0.4, 0.5) is 5.69 Å². The number of carbonyl (C=O) groups is 3. The summed E-state index contributed by atoms with van der Waals surface area (Å²) in [5, 5.41) is 12.2. The molecule has 0 spiro atoms. The summed E-state index contributed by atoms with van der Waals surface area (Å²) in [7, 11) is -1.36. The molecule has 9 heteroatoms. The molecule has 156 valence electrons. The van der Waals surface area contributed by atoms with Crippen molar-refractivity contribution in [3.63, 3.8) is 0 Å². The Hall–Kier alpha value is -2.10. The second-order valence-electron chi connectivity index (χ2n) is 8.45. The highest BCUT2D eigenvalue weighted by Crippen LogP contribution is 2.54. The number of β-lactam (4-membered cyclic amide) rings is 1. The molecule has 3 atom stereocenters. The second kappa shape index (κ2) is 8.33. The molecule has 29 heavy (non-hydrogen) atoms. The maximum atomic E-state index is 12.9. The Balaban J connectivity index is 1.89. The number of rotatable bonds is 8.